The van der Waals surface area contributed by atoms with Gasteiger partial charge in [-0.1, -0.05) is 17.4 Å². The molecule has 0 saturated heterocycles. The lowest BCUT2D eigenvalue weighted by Crippen LogP contribution is -2.48. The van der Waals surface area contributed by atoms with E-state index >= 15 is 0 Å². The van der Waals surface area contributed by atoms with Crippen LogP contribution in [-0.2, 0) is 5.41 Å². The summed E-state index contributed by atoms with van der Waals surface area (Å²) in [6.07, 6.45) is 2.80. The van der Waals surface area contributed by atoms with Crippen LogP contribution in [0.4, 0.5) is 13.9 Å². The van der Waals surface area contributed by atoms with Gasteiger partial charge < -0.3 is 5.32 Å². The van der Waals surface area contributed by atoms with Crippen LogP contribution in [-0.4, -0.2) is 32.9 Å². The summed E-state index contributed by atoms with van der Waals surface area (Å²) in [6.45, 7) is 0.359. The second-order valence-electron chi connectivity index (χ2n) is 6.10. The third-order valence-corrected chi connectivity index (χ3v) is 5.28. The van der Waals surface area contributed by atoms with Gasteiger partial charge in [0.15, 0.2) is 5.01 Å². The van der Waals surface area contributed by atoms with Crippen LogP contribution in [0.5, 0.6) is 0 Å². The largest absolute Gasteiger partial charge is 0.359 e. The van der Waals surface area contributed by atoms with Crippen LogP contribution in [0.3, 0.4) is 0 Å². The van der Waals surface area contributed by atoms with E-state index in [9.17, 15) is 8.78 Å². The zero-order valence-corrected chi connectivity index (χ0v) is 14.0. The van der Waals surface area contributed by atoms with E-state index < -0.39 is 17.4 Å². The number of hydrogen-bond acceptors (Lipinski definition) is 6. The van der Waals surface area contributed by atoms with E-state index in [0.29, 0.717) is 22.4 Å². The number of pyridine rings is 2. The van der Waals surface area contributed by atoms with Gasteiger partial charge in [0.1, 0.15) is 17.7 Å². The first-order valence-corrected chi connectivity index (χ1v) is 8.72. The van der Waals surface area contributed by atoms with Crippen LogP contribution in [0.2, 0.25) is 0 Å². The first-order chi connectivity index (χ1) is 12.2. The fraction of sp³-hybridized carbons (Fsp3) is 0.294. The highest BCUT2D eigenvalue weighted by Crippen LogP contribution is 2.45. The van der Waals surface area contributed by atoms with E-state index in [2.05, 4.69) is 25.5 Å². The maximum Gasteiger partial charge on any atom is 0.206 e. The summed E-state index contributed by atoms with van der Waals surface area (Å²) in [5, 5.41) is 12.7. The number of rotatable bonds is 5. The van der Waals surface area contributed by atoms with Gasteiger partial charge in [0.2, 0.25) is 5.13 Å². The van der Waals surface area contributed by atoms with Gasteiger partial charge in [-0.15, -0.1) is 10.2 Å². The molecule has 0 amide bonds. The summed E-state index contributed by atoms with van der Waals surface area (Å²) < 4.78 is 27.7. The maximum absolute atomic E-state index is 14.1. The molecule has 3 heterocycles. The maximum atomic E-state index is 14.1. The number of aromatic nitrogens is 4. The van der Waals surface area contributed by atoms with Crippen molar-refractivity contribution in [2.24, 2.45) is 0 Å². The van der Waals surface area contributed by atoms with Gasteiger partial charge in [-0.05, 0) is 37.1 Å². The molecule has 8 heteroatoms. The molecule has 1 N–H and O–H groups in total. The lowest BCUT2D eigenvalue weighted by molar-refractivity contribution is 0.0965. The predicted octanol–water partition coefficient (Wildman–Crippen LogP) is 3.62. The third-order valence-electron chi connectivity index (χ3n) is 4.37. The van der Waals surface area contributed by atoms with E-state index in [4.69, 9.17) is 0 Å². The van der Waals surface area contributed by atoms with Crippen molar-refractivity contribution < 1.29 is 8.78 Å². The molecule has 3 aromatic heterocycles. The fourth-order valence-corrected chi connectivity index (χ4v) is 3.83. The molecule has 128 valence electrons. The van der Waals surface area contributed by atoms with Crippen molar-refractivity contribution in [3.63, 3.8) is 0 Å². The first-order valence-electron chi connectivity index (χ1n) is 7.90. The van der Waals surface area contributed by atoms with Gasteiger partial charge in [0.25, 0.3) is 0 Å². The molecule has 1 saturated carbocycles. The summed E-state index contributed by atoms with van der Waals surface area (Å²) in [5.74, 6) is -0.400. The molecule has 5 nitrogen and oxygen atoms in total. The highest BCUT2D eigenvalue weighted by atomic mass is 32.1. The minimum absolute atomic E-state index is 0.250. The van der Waals surface area contributed by atoms with Gasteiger partial charge >= 0.3 is 0 Å². The zero-order chi connectivity index (χ0) is 17.3. The Balaban J connectivity index is 1.52. The molecule has 1 aliphatic rings. The van der Waals surface area contributed by atoms with E-state index in [-0.39, 0.29) is 12.8 Å². The zero-order valence-electron chi connectivity index (χ0n) is 13.2. The monoisotopic (exact) mass is 359 g/mol. The topological polar surface area (TPSA) is 63.6 Å². The molecule has 4 rings (SSSR count). The second-order valence-corrected chi connectivity index (χ2v) is 7.08. The van der Waals surface area contributed by atoms with E-state index in [1.165, 1.54) is 29.7 Å². The Morgan fingerprint density at radius 3 is 2.68 bits per heavy atom. The highest BCUT2D eigenvalue weighted by molar-refractivity contribution is 7.18. The van der Waals surface area contributed by atoms with E-state index in [1.807, 2.05) is 18.2 Å². The molecule has 0 spiro atoms. The third kappa shape index (κ3) is 3.09. The number of hydrogen-bond donors (Lipinski definition) is 1. The summed E-state index contributed by atoms with van der Waals surface area (Å²) in [6, 6.07) is 8.47. The minimum Gasteiger partial charge on any atom is -0.359 e. The standard InChI is InChI=1S/C17H15F2N5S/c18-11-8-17(9-11,14-12(19)4-3-7-21-14)10-22-16-24-23-15(25-16)13-5-1-2-6-20-13/h1-7,11H,8-10H2,(H,22,24)/t11-,17+. The van der Waals surface area contributed by atoms with Crippen molar-refractivity contribution >= 4 is 16.5 Å². The molecule has 0 unspecified atom stereocenters. The number of halogens is 2. The quantitative estimate of drug-likeness (QED) is 0.754. The Morgan fingerprint density at radius 2 is 1.96 bits per heavy atom. The highest BCUT2D eigenvalue weighted by Gasteiger charge is 2.48. The van der Waals surface area contributed by atoms with Gasteiger partial charge in [0, 0.05) is 24.4 Å². The molecule has 0 bridgehead atoms. The van der Waals surface area contributed by atoms with Crippen LogP contribution in [0.1, 0.15) is 18.5 Å². The van der Waals surface area contributed by atoms with Crippen molar-refractivity contribution in [1.29, 1.82) is 0 Å². The lowest BCUT2D eigenvalue weighted by Gasteiger charge is -2.43. The van der Waals surface area contributed by atoms with E-state index in [0.717, 1.165) is 5.69 Å². The van der Waals surface area contributed by atoms with Gasteiger partial charge in [-0.2, -0.15) is 0 Å². The Bertz CT molecular complexity index is 864. The second kappa shape index (κ2) is 6.44. The van der Waals surface area contributed by atoms with Gasteiger partial charge in [0.05, 0.1) is 5.69 Å². The summed E-state index contributed by atoms with van der Waals surface area (Å²) >= 11 is 1.36. The summed E-state index contributed by atoms with van der Waals surface area (Å²) in [7, 11) is 0. The molecule has 0 aromatic carbocycles. The molecule has 0 atom stereocenters. The average Bonchev–Trinajstić information content (AvgIpc) is 3.08. The van der Waals surface area contributed by atoms with Gasteiger partial charge in [-0.3, -0.25) is 9.97 Å². The van der Waals surface area contributed by atoms with Crippen LogP contribution >= 0.6 is 11.3 Å². The number of anilines is 1. The molecule has 3 aromatic rings. The normalized spacial score (nSPS) is 22.4. The van der Waals surface area contributed by atoms with Crippen LogP contribution < -0.4 is 5.32 Å². The van der Waals surface area contributed by atoms with Crippen molar-refractivity contribution in [2.45, 2.75) is 24.4 Å². The van der Waals surface area contributed by atoms with E-state index in [1.54, 1.807) is 6.20 Å². The molecule has 25 heavy (non-hydrogen) atoms. The first kappa shape index (κ1) is 16.0. The molecule has 1 aliphatic carbocycles. The number of nitrogens with one attached hydrogen (secondary N) is 1. The van der Waals surface area contributed by atoms with Crippen LogP contribution in [0, 0.1) is 5.82 Å². The molecular formula is C17H15F2N5S. The molecular weight excluding hydrogens is 344 g/mol. The molecule has 1 fully saturated rings. The smallest absolute Gasteiger partial charge is 0.206 e. The Labute approximate surface area is 147 Å². The van der Waals surface area contributed by atoms with Crippen molar-refractivity contribution in [2.75, 3.05) is 11.9 Å². The van der Waals surface area contributed by atoms with Crippen molar-refractivity contribution in [1.82, 2.24) is 20.2 Å². The Kier molecular flexibility index (Phi) is 4.12. The predicted molar refractivity (Wildman–Crippen MR) is 91.6 cm³/mol. The lowest BCUT2D eigenvalue weighted by atomic mass is 9.65. The summed E-state index contributed by atoms with van der Waals surface area (Å²) in [5.41, 5.74) is 0.401. The minimum atomic E-state index is -0.929. The fourth-order valence-electron chi connectivity index (χ4n) is 3.12. The Morgan fingerprint density at radius 1 is 1.12 bits per heavy atom. The average molecular weight is 359 g/mol. The van der Waals surface area contributed by atoms with Crippen molar-refractivity contribution in [3.05, 3.63) is 54.2 Å². The molecule has 0 radical (unpaired) electrons. The molecule has 0 aliphatic heterocycles. The number of alkyl halides is 1. The van der Waals surface area contributed by atoms with Crippen LogP contribution in [0.25, 0.3) is 10.7 Å². The summed E-state index contributed by atoms with van der Waals surface area (Å²) in [4.78, 5) is 8.39. The van der Waals surface area contributed by atoms with Crippen molar-refractivity contribution in [3.8, 4) is 10.7 Å². The van der Waals surface area contributed by atoms with Gasteiger partial charge in [-0.25, -0.2) is 8.78 Å². The van der Waals surface area contributed by atoms with Crippen LogP contribution in [0.15, 0.2) is 42.7 Å². The SMILES string of the molecule is Fc1cccnc1[C@]1(CNc2nnc(-c3ccccn3)s2)C[C@H](F)C1. The Hall–Kier alpha value is -2.48. The number of nitrogens with zero attached hydrogens (tertiary/aromatic N) is 4.